The van der Waals surface area contributed by atoms with E-state index < -0.39 is 17.5 Å². The highest BCUT2D eigenvalue weighted by Crippen LogP contribution is 2.31. The van der Waals surface area contributed by atoms with E-state index in [9.17, 15) is 18.0 Å². The van der Waals surface area contributed by atoms with E-state index >= 15 is 0 Å². The van der Waals surface area contributed by atoms with Crippen molar-refractivity contribution in [3.8, 4) is 0 Å². The zero-order chi connectivity index (χ0) is 16.8. The molecule has 0 aliphatic heterocycles. The number of hydrogen-bond donors (Lipinski definition) is 0. The zero-order valence-corrected chi connectivity index (χ0v) is 12.6. The summed E-state index contributed by atoms with van der Waals surface area (Å²) in [6.45, 7) is 1.79. The van der Waals surface area contributed by atoms with E-state index in [1.54, 1.807) is 6.92 Å². The minimum Gasteiger partial charge on any atom is -0.347 e. The molecule has 0 aliphatic carbocycles. The van der Waals surface area contributed by atoms with Gasteiger partial charge in [0.2, 0.25) is 0 Å². The largest absolute Gasteiger partial charge is 0.416 e. The average molecular weight is 317 g/mol. The Kier molecular flexibility index (Phi) is 3.51. The number of hydrogen-bond acceptors (Lipinski definition) is 1. The predicted molar refractivity (Wildman–Crippen MR) is 82.5 cm³/mol. The Hall–Kier alpha value is -2.56. The van der Waals surface area contributed by atoms with Gasteiger partial charge in [0.15, 0.2) is 5.78 Å². The number of halogens is 3. The van der Waals surface area contributed by atoms with Gasteiger partial charge in [-0.2, -0.15) is 13.2 Å². The maximum atomic E-state index is 12.9. The number of aromatic nitrogens is 1. The summed E-state index contributed by atoms with van der Waals surface area (Å²) in [6, 6.07) is 11.9. The third kappa shape index (κ3) is 2.52. The molecule has 0 unspecified atom stereocenters. The minimum absolute atomic E-state index is 0.0410. The summed E-state index contributed by atoms with van der Waals surface area (Å²) in [7, 11) is 1.83. The van der Waals surface area contributed by atoms with Crippen LogP contribution in [0.5, 0.6) is 0 Å². The van der Waals surface area contributed by atoms with E-state index in [1.807, 2.05) is 35.9 Å². The molecular formula is C18H14F3NO. The van der Waals surface area contributed by atoms with Crippen LogP contribution in [0.25, 0.3) is 10.9 Å². The van der Waals surface area contributed by atoms with Gasteiger partial charge in [-0.15, -0.1) is 0 Å². The molecule has 0 fully saturated rings. The average Bonchev–Trinajstić information content (AvgIpc) is 2.78. The second kappa shape index (κ2) is 5.26. The monoisotopic (exact) mass is 317 g/mol. The number of aryl methyl sites for hydroxylation is 1. The third-order valence-electron chi connectivity index (χ3n) is 4.08. The van der Waals surface area contributed by atoms with Crippen molar-refractivity contribution >= 4 is 16.7 Å². The summed E-state index contributed by atoms with van der Waals surface area (Å²) in [4.78, 5) is 12.8. The quantitative estimate of drug-likeness (QED) is 0.626. The molecular weight excluding hydrogens is 303 g/mol. The molecule has 0 aliphatic rings. The smallest absolute Gasteiger partial charge is 0.347 e. The Bertz CT molecular complexity index is 906. The normalized spacial score (nSPS) is 11.9. The van der Waals surface area contributed by atoms with Crippen LogP contribution in [0.2, 0.25) is 0 Å². The second-order valence-corrected chi connectivity index (χ2v) is 5.44. The van der Waals surface area contributed by atoms with Crippen molar-refractivity contribution < 1.29 is 18.0 Å². The van der Waals surface area contributed by atoms with Gasteiger partial charge in [-0.1, -0.05) is 30.3 Å². The first-order valence-electron chi connectivity index (χ1n) is 7.06. The van der Waals surface area contributed by atoms with E-state index in [4.69, 9.17) is 0 Å². The summed E-state index contributed by atoms with van der Waals surface area (Å²) >= 11 is 0. The fourth-order valence-electron chi connectivity index (χ4n) is 2.79. The van der Waals surface area contributed by atoms with Crippen LogP contribution in [-0.2, 0) is 13.2 Å². The van der Waals surface area contributed by atoms with Crippen LogP contribution in [-0.4, -0.2) is 10.4 Å². The topological polar surface area (TPSA) is 22.0 Å². The summed E-state index contributed by atoms with van der Waals surface area (Å²) < 4.78 is 40.4. The Morgan fingerprint density at radius 3 is 2.43 bits per heavy atom. The first-order valence-corrected chi connectivity index (χ1v) is 7.06. The maximum absolute atomic E-state index is 12.9. The van der Waals surface area contributed by atoms with Crippen molar-refractivity contribution in [2.45, 2.75) is 13.1 Å². The number of benzene rings is 2. The van der Waals surface area contributed by atoms with Gasteiger partial charge in [-0.3, -0.25) is 4.79 Å². The summed E-state index contributed by atoms with van der Waals surface area (Å²) in [5, 5.41) is 0.745. The first-order chi connectivity index (χ1) is 10.8. The Balaban J connectivity index is 2.17. The van der Waals surface area contributed by atoms with E-state index in [2.05, 4.69) is 0 Å². The molecule has 23 heavy (non-hydrogen) atoms. The Morgan fingerprint density at radius 1 is 1.04 bits per heavy atom. The summed E-state index contributed by atoms with van der Waals surface area (Å²) in [5.74, 6) is -0.398. The van der Waals surface area contributed by atoms with E-state index in [0.29, 0.717) is 5.56 Å². The predicted octanol–water partition coefficient (Wildman–Crippen LogP) is 4.74. The molecule has 0 atom stereocenters. The van der Waals surface area contributed by atoms with E-state index in [1.165, 1.54) is 12.1 Å². The van der Waals surface area contributed by atoms with Gasteiger partial charge in [0, 0.05) is 29.2 Å². The Labute approximate surface area is 131 Å². The standard InChI is InChI=1S/C18H14F3NO/c1-11-16(14-8-3-4-9-15(14)22(11)2)17(23)12-6-5-7-13(10-12)18(19,20)21/h3-10H,1-2H3. The molecule has 0 N–H and O–H groups in total. The van der Waals surface area contributed by atoms with Crippen molar-refractivity contribution in [3.63, 3.8) is 0 Å². The SMILES string of the molecule is Cc1c(C(=O)c2cccc(C(F)(F)F)c2)c2ccccc2n1C. The minimum atomic E-state index is -4.47. The lowest BCUT2D eigenvalue weighted by Gasteiger charge is -2.08. The van der Waals surface area contributed by atoms with Crippen LogP contribution in [0.4, 0.5) is 13.2 Å². The lowest BCUT2D eigenvalue weighted by molar-refractivity contribution is -0.137. The van der Waals surface area contributed by atoms with Crippen LogP contribution in [0, 0.1) is 6.92 Å². The maximum Gasteiger partial charge on any atom is 0.416 e. The molecule has 1 heterocycles. The number of carbonyl (C=O) groups excluding carboxylic acids is 1. The van der Waals surface area contributed by atoms with Gasteiger partial charge in [0.1, 0.15) is 0 Å². The number of alkyl halides is 3. The molecule has 2 nitrogen and oxygen atoms in total. The van der Waals surface area contributed by atoms with E-state index in [0.717, 1.165) is 28.7 Å². The third-order valence-corrected chi connectivity index (χ3v) is 4.08. The van der Waals surface area contributed by atoms with Crippen molar-refractivity contribution in [2.75, 3.05) is 0 Å². The fourth-order valence-corrected chi connectivity index (χ4v) is 2.79. The van der Waals surface area contributed by atoms with Crippen molar-refractivity contribution in [1.82, 2.24) is 4.57 Å². The molecule has 0 amide bonds. The van der Waals surface area contributed by atoms with Crippen LogP contribution in [0.3, 0.4) is 0 Å². The van der Waals surface area contributed by atoms with Crippen LogP contribution in [0.15, 0.2) is 48.5 Å². The van der Waals surface area contributed by atoms with Gasteiger partial charge >= 0.3 is 6.18 Å². The van der Waals surface area contributed by atoms with Gasteiger partial charge < -0.3 is 4.57 Å². The molecule has 3 rings (SSSR count). The fraction of sp³-hybridized carbons (Fsp3) is 0.167. The van der Waals surface area contributed by atoms with E-state index in [-0.39, 0.29) is 5.56 Å². The van der Waals surface area contributed by atoms with Gasteiger partial charge in [0.05, 0.1) is 11.1 Å². The Morgan fingerprint density at radius 2 is 1.74 bits per heavy atom. The van der Waals surface area contributed by atoms with Gasteiger partial charge in [-0.05, 0) is 25.1 Å². The highest BCUT2D eigenvalue weighted by atomic mass is 19.4. The number of carbonyl (C=O) groups is 1. The highest BCUT2D eigenvalue weighted by Gasteiger charge is 2.31. The number of ketones is 1. The lowest BCUT2D eigenvalue weighted by atomic mass is 9.99. The van der Waals surface area contributed by atoms with Gasteiger partial charge in [-0.25, -0.2) is 0 Å². The molecule has 0 spiro atoms. The summed E-state index contributed by atoms with van der Waals surface area (Å²) in [6.07, 6.45) is -4.47. The van der Waals surface area contributed by atoms with Gasteiger partial charge in [0.25, 0.3) is 0 Å². The number of para-hydroxylation sites is 1. The molecule has 1 aromatic heterocycles. The highest BCUT2D eigenvalue weighted by molar-refractivity contribution is 6.17. The van der Waals surface area contributed by atoms with Crippen LogP contribution < -0.4 is 0 Å². The summed E-state index contributed by atoms with van der Waals surface area (Å²) in [5.41, 5.74) is 1.27. The molecule has 2 aromatic carbocycles. The first kappa shape index (κ1) is 15.3. The molecule has 5 heteroatoms. The molecule has 0 bridgehead atoms. The molecule has 0 saturated carbocycles. The second-order valence-electron chi connectivity index (χ2n) is 5.44. The molecule has 0 radical (unpaired) electrons. The van der Waals surface area contributed by atoms with Crippen LogP contribution >= 0.6 is 0 Å². The number of nitrogens with zero attached hydrogens (tertiary/aromatic N) is 1. The van der Waals surface area contributed by atoms with Crippen molar-refractivity contribution in [1.29, 1.82) is 0 Å². The number of rotatable bonds is 2. The molecule has 0 saturated heterocycles. The molecule has 118 valence electrons. The molecule has 3 aromatic rings. The van der Waals surface area contributed by atoms with Crippen LogP contribution in [0.1, 0.15) is 27.2 Å². The number of fused-ring (bicyclic) bond motifs is 1. The zero-order valence-electron chi connectivity index (χ0n) is 12.6. The van der Waals surface area contributed by atoms with Crippen molar-refractivity contribution in [3.05, 3.63) is 70.9 Å². The lowest BCUT2D eigenvalue weighted by Crippen LogP contribution is -2.09. The van der Waals surface area contributed by atoms with Crippen molar-refractivity contribution in [2.24, 2.45) is 7.05 Å².